The molecule has 0 saturated heterocycles. The Morgan fingerprint density at radius 2 is 1.86 bits per heavy atom. The third kappa shape index (κ3) is 4.38. The number of carbonyl (C=O) groups is 1. The molecule has 182 valence electrons. The zero-order valence-electron chi connectivity index (χ0n) is 19.4. The largest absolute Gasteiger partial charge is 0.453 e. The van der Waals surface area contributed by atoms with Crippen LogP contribution in [0.5, 0.6) is 0 Å². The van der Waals surface area contributed by atoms with E-state index >= 15 is 0 Å². The van der Waals surface area contributed by atoms with Crippen LogP contribution in [0.3, 0.4) is 0 Å². The Morgan fingerprint density at radius 1 is 1.09 bits per heavy atom. The number of para-hydroxylation sites is 1. The Hall–Kier alpha value is -3.76. The summed E-state index contributed by atoms with van der Waals surface area (Å²) in [5, 5.41) is 11.3. The Bertz CT molecular complexity index is 1410. The second-order valence-electron chi connectivity index (χ2n) is 8.66. The third-order valence-electron chi connectivity index (χ3n) is 6.37. The molecule has 0 radical (unpaired) electrons. The molecule has 0 atom stereocenters. The minimum atomic E-state index is -4.65. The molecule has 0 unspecified atom stereocenters. The quantitative estimate of drug-likeness (QED) is 0.452. The Kier molecular flexibility index (Phi) is 5.78. The fourth-order valence-electron chi connectivity index (χ4n) is 4.64. The molecule has 4 aromatic rings. The standard InChI is InChI=1S/C24H24F3N7O/c1-14-17(15(2)33-23(29-14)30-22(32-33)24(25,26)27)11-12-21(35)28-13-19-18-9-6-10-20(18)34(31-19)16-7-4-3-5-8-16/h3-5,7-8H,6,9-13H2,1-2H3,(H,28,35). The van der Waals surface area contributed by atoms with Gasteiger partial charge < -0.3 is 5.32 Å². The number of carbonyl (C=O) groups excluding carboxylic acids is 1. The van der Waals surface area contributed by atoms with Gasteiger partial charge in [-0.3, -0.25) is 4.79 Å². The van der Waals surface area contributed by atoms with Crippen molar-refractivity contribution in [1.82, 2.24) is 34.7 Å². The van der Waals surface area contributed by atoms with E-state index in [2.05, 4.69) is 20.4 Å². The zero-order valence-corrected chi connectivity index (χ0v) is 19.4. The smallest absolute Gasteiger partial charge is 0.350 e. The van der Waals surface area contributed by atoms with Gasteiger partial charge in [-0.1, -0.05) is 18.2 Å². The number of amides is 1. The molecule has 35 heavy (non-hydrogen) atoms. The maximum Gasteiger partial charge on any atom is 0.453 e. The van der Waals surface area contributed by atoms with Crippen molar-refractivity contribution in [2.75, 3.05) is 0 Å². The number of nitrogens with zero attached hydrogens (tertiary/aromatic N) is 6. The third-order valence-corrected chi connectivity index (χ3v) is 6.37. The molecular formula is C24H24F3N7O. The van der Waals surface area contributed by atoms with Crippen molar-refractivity contribution in [2.45, 2.75) is 58.7 Å². The van der Waals surface area contributed by atoms with E-state index < -0.39 is 12.0 Å². The molecule has 5 rings (SSSR count). The number of nitrogens with one attached hydrogen (secondary N) is 1. The van der Waals surface area contributed by atoms with E-state index in [-0.39, 0.29) is 18.1 Å². The summed E-state index contributed by atoms with van der Waals surface area (Å²) in [4.78, 5) is 20.3. The number of hydrogen-bond acceptors (Lipinski definition) is 5. The maximum atomic E-state index is 13.0. The van der Waals surface area contributed by atoms with Gasteiger partial charge in [-0.2, -0.15) is 23.3 Å². The predicted molar refractivity (Wildman–Crippen MR) is 121 cm³/mol. The van der Waals surface area contributed by atoms with Crippen molar-refractivity contribution in [3.63, 3.8) is 0 Å². The normalized spacial score (nSPS) is 13.4. The van der Waals surface area contributed by atoms with E-state index in [1.54, 1.807) is 13.8 Å². The molecular weight excluding hydrogens is 459 g/mol. The van der Waals surface area contributed by atoms with E-state index in [1.807, 2.05) is 35.0 Å². The molecule has 0 bridgehead atoms. The van der Waals surface area contributed by atoms with E-state index in [1.165, 1.54) is 11.3 Å². The van der Waals surface area contributed by atoms with Crippen LogP contribution in [0, 0.1) is 13.8 Å². The number of alkyl halides is 3. The SMILES string of the molecule is Cc1nc2nc(C(F)(F)F)nn2c(C)c1CCC(=O)NCc1nn(-c2ccccc2)c2c1CCC2. The van der Waals surface area contributed by atoms with Crippen LogP contribution < -0.4 is 5.32 Å². The zero-order chi connectivity index (χ0) is 24.7. The maximum absolute atomic E-state index is 13.0. The van der Waals surface area contributed by atoms with Gasteiger partial charge in [0.25, 0.3) is 11.6 Å². The van der Waals surface area contributed by atoms with Crippen molar-refractivity contribution in [1.29, 1.82) is 0 Å². The van der Waals surface area contributed by atoms with Gasteiger partial charge in [-0.25, -0.2) is 14.2 Å². The first-order valence-corrected chi connectivity index (χ1v) is 11.4. The molecule has 1 aromatic carbocycles. The lowest BCUT2D eigenvalue weighted by Gasteiger charge is -2.10. The molecule has 11 heteroatoms. The number of fused-ring (bicyclic) bond motifs is 2. The van der Waals surface area contributed by atoms with Crippen LogP contribution in [0.2, 0.25) is 0 Å². The Morgan fingerprint density at radius 3 is 2.60 bits per heavy atom. The van der Waals surface area contributed by atoms with Gasteiger partial charge in [0.05, 0.1) is 17.9 Å². The molecule has 0 fully saturated rings. The topological polar surface area (TPSA) is 90.0 Å². The van der Waals surface area contributed by atoms with E-state index in [0.29, 0.717) is 29.9 Å². The number of aryl methyl sites for hydroxylation is 2. The number of halogens is 3. The summed E-state index contributed by atoms with van der Waals surface area (Å²) in [5.74, 6) is -1.51. The van der Waals surface area contributed by atoms with Crippen LogP contribution in [-0.2, 0) is 36.8 Å². The molecule has 0 spiro atoms. The van der Waals surface area contributed by atoms with Crippen molar-refractivity contribution in [3.8, 4) is 5.69 Å². The van der Waals surface area contributed by atoms with Crippen LogP contribution in [0.4, 0.5) is 13.2 Å². The summed E-state index contributed by atoms with van der Waals surface area (Å²) in [5.41, 5.74) is 5.96. The number of hydrogen-bond donors (Lipinski definition) is 1. The van der Waals surface area contributed by atoms with Gasteiger partial charge in [0.1, 0.15) is 0 Å². The average Bonchev–Trinajstić information content (AvgIpc) is 3.53. The van der Waals surface area contributed by atoms with Crippen LogP contribution in [0.1, 0.15) is 52.6 Å². The number of rotatable bonds is 6. The van der Waals surface area contributed by atoms with E-state index in [9.17, 15) is 18.0 Å². The number of aromatic nitrogens is 6. The fraction of sp³-hybridized carbons (Fsp3) is 0.375. The second-order valence-corrected chi connectivity index (χ2v) is 8.66. The minimum Gasteiger partial charge on any atom is -0.350 e. The van der Waals surface area contributed by atoms with Gasteiger partial charge in [-0.15, -0.1) is 5.10 Å². The van der Waals surface area contributed by atoms with Gasteiger partial charge in [-0.05, 0) is 62.8 Å². The summed E-state index contributed by atoms with van der Waals surface area (Å²) >= 11 is 0. The highest BCUT2D eigenvalue weighted by atomic mass is 19.4. The molecule has 1 aliphatic rings. The van der Waals surface area contributed by atoms with E-state index in [0.717, 1.165) is 35.2 Å². The summed E-state index contributed by atoms with van der Waals surface area (Å²) in [6, 6.07) is 9.92. The summed E-state index contributed by atoms with van der Waals surface area (Å²) in [6.45, 7) is 3.68. The highest BCUT2D eigenvalue weighted by Crippen LogP contribution is 2.28. The van der Waals surface area contributed by atoms with Crippen LogP contribution >= 0.6 is 0 Å². The molecule has 3 heterocycles. The first kappa shape index (κ1) is 23.0. The summed E-state index contributed by atoms with van der Waals surface area (Å²) < 4.78 is 42.0. The average molecular weight is 483 g/mol. The van der Waals surface area contributed by atoms with Gasteiger partial charge in [0.15, 0.2) is 0 Å². The number of benzene rings is 1. The lowest BCUT2D eigenvalue weighted by atomic mass is 10.1. The van der Waals surface area contributed by atoms with Crippen molar-refractivity contribution in [3.05, 3.63) is 70.1 Å². The minimum absolute atomic E-state index is 0.108. The van der Waals surface area contributed by atoms with Crippen molar-refractivity contribution < 1.29 is 18.0 Å². The molecule has 0 saturated carbocycles. The van der Waals surface area contributed by atoms with Gasteiger partial charge in [0.2, 0.25) is 5.91 Å². The monoisotopic (exact) mass is 483 g/mol. The van der Waals surface area contributed by atoms with Gasteiger partial charge >= 0.3 is 6.18 Å². The molecule has 1 amide bonds. The predicted octanol–water partition coefficient (Wildman–Crippen LogP) is 3.68. The second kappa shape index (κ2) is 8.79. The first-order valence-electron chi connectivity index (χ1n) is 11.4. The highest BCUT2D eigenvalue weighted by Gasteiger charge is 2.37. The highest BCUT2D eigenvalue weighted by molar-refractivity contribution is 5.76. The lowest BCUT2D eigenvalue weighted by molar-refractivity contribution is -0.144. The Balaban J connectivity index is 1.28. The van der Waals surface area contributed by atoms with Crippen LogP contribution in [-0.4, -0.2) is 35.3 Å². The molecule has 1 aliphatic carbocycles. The summed E-state index contributed by atoms with van der Waals surface area (Å²) in [7, 11) is 0. The van der Waals surface area contributed by atoms with Crippen molar-refractivity contribution >= 4 is 11.7 Å². The molecule has 8 nitrogen and oxygen atoms in total. The molecule has 0 aliphatic heterocycles. The van der Waals surface area contributed by atoms with Crippen molar-refractivity contribution in [2.24, 2.45) is 0 Å². The first-order chi connectivity index (χ1) is 16.7. The van der Waals surface area contributed by atoms with Gasteiger partial charge in [0, 0.05) is 23.5 Å². The molecule has 3 aromatic heterocycles. The van der Waals surface area contributed by atoms with Crippen LogP contribution in [0.15, 0.2) is 30.3 Å². The van der Waals surface area contributed by atoms with Crippen LogP contribution in [0.25, 0.3) is 11.5 Å². The van der Waals surface area contributed by atoms with E-state index in [4.69, 9.17) is 5.10 Å². The lowest BCUT2D eigenvalue weighted by Crippen LogP contribution is -2.24. The fourth-order valence-corrected chi connectivity index (χ4v) is 4.64. The molecule has 1 N–H and O–H groups in total. The summed E-state index contributed by atoms with van der Waals surface area (Å²) in [6.07, 6.45) is -1.20. The Labute approximate surface area is 199 Å².